The minimum atomic E-state index is -1.09. The molecule has 4 nitrogen and oxygen atoms in total. The van der Waals surface area contributed by atoms with Gasteiger partial charge in [-0.3, -0.25) is 14.8 Å². The van der Waals surface area contributed by atoms with Gasteiger partial charge in [-0.05, 0) is 38.1 Å². The van der Waals surface area contributed by atoms with Crippen LogP contribution in [0.5, 0.6) is 0 Å². The normalized spacial score (nSPS) is 11.3. The Kier molecular flexibility index (Phi) is 3.29. The summed E-state index contributed by atoms with van der Waals surface area (Å²) in [4.78, 5) is 20.4. The zero-order valence-electron chi connectivity index (χ0n) is 10.7. The summed E-state index contributed by atoms with van der Waals surface area (Å²) < 4.78 is 13.8. The maximum atomic E-state index is 13.8. The summed E-state index contributed by atoms with van der Waals surface area (Å²) in [6.45, 7) is 3.25. The number of nitrogens with two attached hydrogens (primary N) is 1. The van der Waals surface area contributed by atoms with Crippen molar-refractivity contribution in [3.05, 3.63) is 53.9 Å². The average molecular weight is 259 g/mol. The molecule has 2 heterocycles. The van der Waals surface area contributed by atoms with Gasteiger partial charge >= 0.3 is 0 Å². The average Bonchev–Trinajstić information content (AvgIpc) is 2.39. The lowest BCUT2D eigenvalue weighted by Gasteiger charge is -2.22. The molecule has 0 bridgehead atoms. The monoisotopic (exact) mass is 259 g/mol. The van der Waals surface area contributed by atoms with Crippen LogP contribution in [0.15, 0.2) is 36.7 Å². The van der Waals surface area contributed by atoms with Crippen LogP contribution in [-0.2, 0) is 5.41 Å². The quantitative estimate of drug-likeness (QED) is 0.859. The van der Waals surface area contributed by atoms with E-state index in [1.54, 1.807) is 19.9 Å². The van der Waals surface area contributed by atoms with Crippen molar-refractivity contribution in [1.82, 2.24) is 9.97 Å². The lowest BCUT2D eigenvalue weighted by Crippen LogP contribution is -2.32. The molecule has 0 amide bonds. The Morgan fingerprint density at radius 3 is 2.58 bits per heavy atom. The Morgan fingerprint density at radius 1 is 1.26 bits per heavy atom. The van der Waals surface area contributed by atoms with Gasteiger partial charge in [0.2, 0.25) is 0 Å². The third-order valence-corrected chi connectivity index (χ3v) is 2.94. The second kappa shape index (κ2) is 4.76. The number of Topliss-reactive ketones (excluding diaryl/α,β-unsaturated/α-hetero) is 1. The van der Waals surface area contributed by atoms with Crippen LogP contribution in [0.1, 0.15) is 30.0 Å². The van der Waals surface area contributed by atoms with E-state index in [4.69, 9.17) is 5.73 Å². The molecule has 0 aliphatic heterocycles. The zero-order chi connectivity index (χ0) is 14.0. The predicted molar refractivity (Wildman–Crippen MR) is 70.2 cm³/mol. The molecular weight excluding hydrogens is 245 g/mol. The molecule has 0 spiro atoms. The summed E-state index contributed by atoms with van der Waals surface area (Å²) in [6, 6.07) is 5.89. The molecule has 5 heteroatoms. The number of hydrogen-bond acceptors (Lipinski definition) is 4. The largest absolute Gasteiger partial charge is 0.397 e. The van der Waals surface area contributed by atoms with Crippen molar-refractivity contribution in [2.45, 2.75) is 19.3 Å². The summed E-state index contributed by atoms with van der Waals surface area (Å²) in [5.41, 5.74) is 5.26. The highest BCUT2D eigenvalue weighted by atomic mass is 19.1. The molecule has 2 aromatic heterocycles. The standard InChI is InChI=1S/C14H14FN3O/c1-14(2,12-10(15)4-3-7-17-12)13(19)11-6-5-9(16)8-18-11/h3-8H,16H2,1-2H3. The minimum Gasteiger partial charge on any atom is -0.397 e. The Morgan fingerprint density at radius 2 is 2.00 bits per heavy atom. The number of carbonyl (C=O) groups is 1. The van der Waals surface area contributed by atoms with E-state index in [-0.39, 0.29) is 17.2 Å². The molecular formula is C14H14FN3O. The number of aromatic nitrogens is 2. The van der Waals surface area contributed by atoms with E-state index in [0.29, 0.717) is 5.69 Å². The smallest absolute Gasteiger partial charge is 0.192 e. The van der Waals surface area contributed by atoms with Gasteiger partial charge in [0.05, 0.1) is 23.0 Å². The van der Waals surface area contributed by atoms with E-state index in [1.165, 1.54) is 30.6 Å². The number of rotatable bonds is 3. The predicted octanol–water partition coefficient (Wildman–Crippen LogP) is 2.36. The van der Waals surface area contributed by atoms with Gasteiger partial charge in [-0.2, -0.15) is 0 Å². The first-order chi connectivity index (χ1) is 8.93. The van der Waals surface area contributed by atoms with Gasteiger partial charge in [-0.25, -0.2) is 4.39 Å². The van der Waals surface area contributed by atoms with Crippen LogP contribution < -0.4 is 5.73 Å². The van der Waals surface area contributed by atoms with E-state index in [9.17, 15) is 9.18 Å². The highest BCUT2D eigenvalue weighted by Crippen LogP contribution is 2.27. The molecule has 19 heavy (non-hydrogen) atoms. The lowest BCUT2D eigenvalue weighted by atomic mass is 9.82. The third-order valence-electron chi connectivity index (χ3n) is 2.94. The van der Waals surface area contributed by atoms with Crippen molar-refractivity contribution in [3.8, 4) is 0 Å². The molecule has 2 rings (SSSR count). The van der Waals surface area contributed by atoms with E-state index < -0.39 is 11.2 Å². The second-order valence-electron chi connectivity index (χ2n) is 4.76. The van der Waals surface area contributed by atoms with Crippen molar-refractivity contribution >= 4 is 11.5 Å². The van der Waals surface area contributed by atoms with Crippen molar-refractivity contribution in [2.24, 2.45) is 0 Å². The molecule has 0 saturated heterocycles. The molecule has 0 fully saturated rings. The number of pyridine rings is 2. The minimum absolute atomic E-state index is 0.110. The highest BCUT2D eigenvalue weighted by molar-refractivity contribution is 6.01. The van der Waals surface area contributed by atoms with Crippen LogP contribution in [0, 0.1) is 5.82 Å². The van der Waals surface area contributed by atoms with Gasteiger partial charge in [-0.1, -0.05) is 0 Å². The fraction of sp³-hybridized carbons (Fsp3) is 0.214. The van der Waals surface area contributed by atoms with Crippen molar-refractivity contribution in [3.63, 3.8) is 0 Å². The first-order valence-corrected chi connectivity index (χ1v) is 5.80. The van der Waals surface area contributed by atoms with E-state index >= 15 is 0 Å². The molecule has 0 saturated carbocycles. The number of nitrogens with zero attached hydrogens (tertiary/aromatic N) is 2. The maximum Gasteiger partial charge on any atom is 0.192 e. The fourth-order valence-corrected chi connectivity index (χ4v) is 1.81. The Balaban J connectivity index is 2.42. The summed E-state index contributed by atoms with van der Waals surface area (Å²) in [7, 11) is 0. The molecule has 0 radical (unpaired) electrons. The van der Waals surface area contributed by atoms with Crippen LogP contribution in [0.3, 0.4) is 0 Å². The lowest BCUT2D eigenvalue weighted by molar-refractivity contribution is 0.0897. The first-order valence-electron chi connectivity index (χ1n) is 5.80. The SMILES string of the molecule is CC(C)(C(=O)c1ccc(N)cn1)c1ncccc1F. The third kappa shape index (κ3) is 2.45. The Labute approximate surface area is 110 Å². The van der Waals surface area contributed by atoms with Gasteiger partial charge in [0.1, 0.15) is 11.5 Å². The Bertz CT molecular complexity index is 608. The summed E-state index contributed by atoms with van der Waals surface area (Å²) >= 11 is 0. The number of nitrogen functional groups attached to an aromatic ring is 1. The summed E-state index contributed by atoms with van der Waals surface area (Å²) in [6.07, 6.45) is 2.86. The van der Waals surface area contributed by atoms with Gasteiger partial charge in [0.25, 0.3) is 0 Å². The van der Waals surface area contributed by atoms with Gasteiger partial charge < -0.3 is 5.73 Å². The van der Waals surface area contributed by atoms with Crippen LogP contribution in [0.4, 0.5) is 10.1 Å². The van der Waals surface area contributed by atoms with Gasteiger partial charge in [-0.15, -0.1) is 0 Å². The van der Waals surface area contributed by atoms with E-state index in [0.717, 1.165) is 0 Å². The number of halogens is 1. The maximum absolute atomic E-state index is 13.8. The van der Waals surface area contributed by atoms with Crippen molar-refractivity contribution < 1.29 is 9.18 Å². The number of ketones is 1. The summed E-state index contributed by atoms with van der Waals surface area (Å²) in [5, 5.41) is 0. The topological polar surface area (TPSA) is 68.9 Å². The van der Waals surface area contributed by atoms with Gasteiger partial charge in [0.15, 0.2) is 5.78 Å². The molecule has 0 atom stereocenters. The number of carbonyl (C=O) groups excluding carboxylic acids is 1. The van der Waals surface area contributed by atoms with Crippen LogP contribution in [-0.4, -0.2) is 15.8 Å². The molecule has 2 N–H and O–H groups in total. The second-order valence-corrected chi connectivity index (χ2v) is 4.76. The molecule has 0 unspecified atom stereocenters. The Hall–Kier alpha value is -2.30. The molecule has 0 aliphatic rings. The van der Waals surface area contributed by atoms with E-state index in [1.807, 2.05) is 0 Å². The number of anilines is 1. The van der Waals surface area contributed by atoms with E-state index in [2.05, 4.69) is 9.97 Å². The molecule has 0 aromatic carbocycles. The molecule has 0 aliphatic carbocycles. The van der Waals surface area contributed by atoms with Crippen molar-refractivity contribution in [2.75, 3.05) is 5.73 Å². The van der Waals surface area contributed by atoms with Crippen LogP contribution >= 0.6 is 0 Å². The molecule has 2 aromatic rings. The highest BCUT2D eigenvalue weighted by Gasteiger charge is 2.35. The van der Waals surface area contributed by atoms with Gasteiger partial charge in [0, 0.05) is 6.20 Å². The first kappa shape index (κ1) is 13.1. The van der Waals surface area contributed by atoms with Crippen LogP contribution in [0.25, 0.3) is 0 Å². The van der Waals surface area contributed by atoms with Crippen molar-refractivity contribution in [1.29, 1.82) is 0 Å². The molecule has 98 valence electrons. The number of hydrogen-bond donors (Lipinski definition) is 1. The van der Waals surface area contributed by atoms with Crippen LogP contribution in [0.2, 0.25) is 0 Å². The zero-order valence-corrected chi connectivity index (χ0v) is 10.7. The summed E-state index contributed by atoms with van der Waals surface area (Å²) in [5.74, 6) is -0.804. The fourth-order valence-electron chi connectivity index (χ4n) is 1.81.